The second-order valence-corrected chi connectivity index (χ2v) is 6.60. The molecule has 3 nitrogen and oxygen atoms in total. The first-order valence-electron chi connectivity index (χ1n) is 6.59. The lowest BCUT2D eigenvalue weighted by Gasteiger charge is -2.13. The SMILES string of the molecule is C#CC(CCC)Nc1ccc(S(=O)(=O)CCC)cc1. The molecule has 19 heavy (non-hydrogen) atoms. The first-order chi connectivity index (χ1) is 9.03. The molecule has 4 heteroatoms. The van der Waals surface area contributed by atoms with Crippen LogP contribution in [0.2, 0.25) is 0 Å². The second kappa shape index (κ2) is 7.20. The number of sulfone groups is 1. The van der Waals surface area contributed by atoms with Gasteiger partial charge in [-0.25, -0.2) is 8.42 Å². The van der Waals surface area contributed by atoms with Crippen LogP contribution in [0.1, 0.15) is 33.1 Å². The predicted molar refractivity (Wildman–Crippen MR) is 79.9 cm³/mol. The van der Waals surface area contributed by atoms with Gasteiger partial charge in [0.05, 0.1) is 16.7 Å². The molecule has 1 rings (SSSR count). The van der Waals surface area contributed by atoms with E-state index in [-0.39, 0.29) is 11.8 Å². The van der Waals surface area contributed by atoms with Gasteiger partial charge >= 0.3 is 0 Å². The normalized spacial score (nSPS) is 12.7. The molecule has 0 aliphatic heterocycles. The van der Waals surface area contributed by atoms with Crippen molar-refractivity contribution in [2.75, 3.05) is 11.1 Å². The van der Waals surface area contributed by atoms with Gasteiger partial charge in [-0.05, 0) is 37.1 Å². The van der Waals surface area contributed by atoms with E-state index in [4.69, 9.17) is 6.42 Å². The molecule has 1 N–H and O–H groups in total. The van der Waals surface area contributed by atoms with Crippen LogP contribution in [0.25, 0.3) is 0 Å². The third-order valence-electron chi connectivity index (χ3n) is 2.81. The van der Waals surface area contributed by atoms with E-state index >= 15 is 0 Å². The lowest BCUT2D eigenvalue weighted by molar-refractivity contribution is 0.595. The number of benzene rings is 1. The van der Waals surface area contributed by atoms with Crippen LogP contribution in [0.5, 0.6) is 0 Å². The van der Waals surface area contributed by atoms with Gasteiger partial charge in [-0.3, -0.25) is 0 Å². The summed E-state index contributed by atoms with van der Waals surface area (Å²) >= 11 is 0. The Kier molecular flexibility index (Phi) is 5.91. The molecule has 0 fully saturated rings. The first kappa shape index (κ1) is 15.6. The summed E-state index contributed by atoms with van der Waals surface area (Å²) in [5, 5.41) is 3.21. The summed E-state index contributed by atoms with van der Waals surface area (Å²) in [5.74, 6) is 2.87. The minimum Gasteiger partial charge on any atom is -0.372 e. The van der Waals surface area contributed by atoms with Gasteiger partial charge in [0, 0.05) is 5.69 Å². The largest absolute Gasteiger partial charge is 0.372 e. The number of anilines is 1. The molecule has 0 saturated heterocycles. The van der Waals surface area contributed by atoms with Crippen LogP contribution >= 0.6 is 0 Å². The number of rotatable bonds is 7. The highest BCUT2D eigenvalue weighted by molar-refractivity contribution is 7.91. The van der Waals surface area contributed by atoms with Gasteiger partial charge in [0.2, 0.25) is 0 Å². The molecule has 0 radical (unpaired) electrons. The van der Waals surface area contributed by atoms with Crippen molar-refractivity contribution in [3.8, 4) is 12.3 Å². The third-order valence-corrected chi connectivity index (χ3v) is 4.74. The Morgan fingerprint density at radius 2 is 1.84 bits per heavy atom. The average Bonchev–Trinajstić information content (AvgIpc) is 2.39. The van der Waals surface area contributed by atoms with Crippen LogP contribution in [-0.4, -0.2) is 20.2 Å². The maximum Gasteiger partial charge on any atom is 0.178 e. The summed E-state index contributed by atoms with van der Waals surface area (Å²) in [4.78, 5) is 0.368. The average molecular weight is 279 g/mol. The van der Waals surface area contributed by atoms with Gasteiger partial charge in [-0.15, -0.1) is 6.42 Å². The maximum atomic E-state index is 11.9. The zero-order valence-electron chi connectivity index (χ0n) is 11.5. The van der Waals surface area contributed by atoms with Crippen molar-refractivity contribution in [2.45, 2.75) is 44.0 Å². The molecular weight excluding hydrogens is 258 g/mol. The fourth-order valence-corrected chi connectivity index (χ4v) is 3.16. The molecule has 1 aromatic carbocycles. The summed E-state index contributed by atoms with van der Waals surface area (Å²) in [7, 11) is -3.14. The summed E-state index contributed by atoms with van der Waals surface area (Å²) in [5.41, 5.74) is 0.854. The van der Waals surface area contributed by atoms with E-state index in [9.17, 15) is 8.42 Å². The molecular formula is C15H21NO2S. The zero-order valence-corrected chi connectivity index (χ0v) is 12.3. The van der Waals surface area contributed by atoms with E-state index in [1.54, 1.807) is 24.3 Å². The van der Waals surface area contributed by atoms with E-state index in [2.05, 4.69) is 18.2 Å². The van der Waals surface area contributed by atoms with Gasteiger partial charge in [0.15, 0.2) is 9.84 Å². The highest BCUT2D eigenvalue weighted by Crippen LogP contribution is 2.17. The fraction of sp³-hybridized carbons (Fsp3) is 0.467. The quantitative estimate of drug-likeness (QED) is 0.780. The topological polar surface area (TPSA) is 46.2 Å². The van der Waals surface area contributed by atoms with E-state index in [1.807, 2.05) is 6.92 Å². The Bertz CT molecular complexity index is 526. The van der Waals surface area contributed by atoms with Crippen molar-refractivity contribution in [1.82, 2.24) is 0 Å². The summed E-state index contributed by atoms with van der Waals surface area (Å²) in [6, 6.07) is 6.79. The van der Waals surface area contributed by atoms with Gasteiger partial charge in [-0.2, -0.15) is 0 Å². The highest BCUT2D eigenvalue weighted by Gasteiger charge is 2.12. The smallest absolute Gasteiger partial charge is 0.178 e. The number of terminal acetylenes is 1. The van der Waals surface area contributed by atoms with Crippen molar-refractivity contribution >= 4 is 15.5 Å². The number of hydrogen-bond acceptors (Lipinski definition) is 3. The van der Waals surface area contributed by atoms with Crippen molar-refractivity contribution in [2.24, 2.45) is 0 Å². The molecule has 0 aromatic heterocycles. The molecule has 0 spiro atoms. The fourth-order valence-electron chi connectivity index (χ4n) is 1.83. The van der Waals surface area contributed by atoms with E-state index in [0.717, 1.165) is 18.5 Å². The van der Waals surface area contributed by atoms with Gasteiger partial charge < -0.3 is 5.32 Å². The molecule has 1 aromatic rings. The van der Waals surface area contributed by atoms with Gasteiger partial charge in [0.25, 0.3) is 0 Å². The van der Waals surface area contributed by atoms with Crippen LogP contribution < -0.4 is 5.32 Å². The monoisotopic (exact) mass is 279 g/mol. The Labute approximate surface area is 116 Å². The molecule has 0 aliphatic rings. The van der Waals surface area contributed by atoms with Crippen LogP contribution in [-0.2, 0) is 9.84 Å². The highest BCUT2D eigenvalue weighted by atomic mass is 32.2. The van der Waals surface area contributed by atoms with Crippen molar-refractivity contribution < 1.29 is 8.42 Å². The Morgan fingerprint density at radius 1 is 1.21 bits per heavy atom. The van der Waals surface area contributed by atoms with Crippen molar-refractivity contribution in [1.29, 1.82) is 0 Å². The molecule has 104 valence electrons. The molecule has 1 unspecified atom stereocenters. The number of nitrogens with one attached hydrogen (secondary N) is 1. The maximum absolute atomic E-state index is 11.9. The molecule has 0 aliphatic carbocycles. The van der Waals surface area contributed by atoms with Gasteiger partial charge in [0.1, 0.15) is 0 Å². The number of hydrogen-bond donors (Lipinski definition) is 1. The first-order valence-corrected chi connectivity index (χ1v) is 8.24. The lowest BCUT2D eigenvalue weighted by Crippen LogP contribution is -2.16. The minimum absolute atomic E-state index is 0.0110. The lowest BCUT2D eigenvalue weighted by atomic mass is 10.1. The van der Waals surface area contributed by atoms with E-state index in [0.29, 0.717) is 11.3 Å². The molecule has 0 bridgehead atoms. The molecule has 0 heterocycles. The summed E-state index contributed by atoms with van der Waals surface area (Å²) < 4.78 is 23.7. The summed E-state index contributed by atoms with van der Waals surface area (Å²) in [6.45, 7) is 3.93. The summed E-state index contributed by atoms with van der Waals surface area (Å²) in [6.07, 6.45) is 7.96. The molecule has 0 amide bonds. The second-order valence-electron chi connectivity index (χ2n) is 4.50. The Hall–Kier alpha value is -1.47. The van der Waals surface area contributed by atoms with Crippen LogP contribution in [0, 0.1) is 12.3 Å². The standard InChI is InChI=1S/C15H21NO2S/c1-4-7-13(6-3)16-14-8-10-15(11-9-14)19(17,18)12-5-2/h3,8-11,13,16H,4-5,7,12H2,1-2H3. The van der Waals surface area contributed by atoms with E-state index in [1.165, 1.54) is 0 Å². The predicted octanol–water partition coefficient (Wildman–Crippen LogP) is 3.08. The zero-order chi connectivity index (χ0) is 14.3. The van der Waals surface area contributed by atoms with Crippen LogP contribution in [0.15, 0.2) is 29.2 Å². The molecule has 1 atom stereocenters. The van der Waals surface area contributed by atoms with E-state index < -0.39 is 9.84 Å². The van der Waals surface area contributed by atoms with Crippen molar-refractivity contribution in [3.05, 3.63) is 24.3 Å². The van der Waals surface area contributed by atoms with Crippen LogP contribution in [0.4, 0.5) is 5.69 Å². The third kappa shape index (κ3) is 4.60. The minimum atomic E-state index is -3.14. The van der Waals surface area contributed by atoms with Crippen LogP contribution in [0.3, 0.4) is 0 Å². The Morgan fingerprint density at radius 3 is 2.32 bits per heavy atom. The Balaban J connectivity index is 2.80. The van der Waals surface area contributed by atoms with Crippen molar-refractivity contribution in [3.63, 3.8) is 0 Å². The van der Waals surface area contributed by atoms with Gasteiger partial charge in [-0.1, -0.05) is 26.2 Å². The molecule has 0 saturated carbocycles.